The molecule has 8 nitrogen and oxygen atoms in total. The number of ether oxygens (including phenoxy) is 2. The van der Waals surface area contributed by atoms with Gasteiger partial charge in [0.25, 0.3) is 0 Å². The van der Waals surface area contributed by atoms with Gasteiger partial charge in [-0.1, -0.05) is 5.16 Å². The molecule has 28 heavy (non-hydrogen) atoms. The molecule has 2 aromatic rings. The van der Waals surface area contributed by atoms with Crippen LogP contribution >= 0.6 is 0 Å². The molecule has 0 bridgehead atoms. The van der Waals surface area contributed by atoms with E-state index in [0.717, 1.165) is 0 Å². The smallest absolute Gasteiger partial charge is 0.228 e. The maximum Gasteiger partial charge on any atom is 0.228 e. The number of fused-ring (bicyclic) bond motifs is 1. The third-order valence-electron chi connectivity index (χ3n) is 5.16. The minimum atomic E-state index is -0.115. The number of carbonyl (C=O) groups excluding carboxylic acids is 2. The van der Waals surface area contributed by atoms with Crippen LogP contribution in [0, 0.1) is 18.8 Å². The van der Waals surface area contributed by atoms with Gasteiger partial charge in [0.2, 0.25) is 11.8 Å². The van der Waals surface area contributed by atoms with Crippen LogP contribution in [0.3, 0.4) is 0 Å². The van der Waals surface area contributed by atoms with Crippen LogP contribution in [0.1, 0.15) is 31.4 Å². The van der Waals surface area contributed by atoms with Gasteiger partial charge in [-0.15, -0.1) is 0 Å². The summed E-state index contributed by atoms with van der Waals surface area (Å²) < 4.78 is 16.0. The Morgan fingerprint density at radius 1 is 0.929 bits per heavy atom. The van der Waals surface area contributed by atoms with Gasteiger partial charge in [0.05, 0.1) is 0 Å². The highest BCUT2D eigenvalue weighted by atomic mass is 16.6. The molecular formula is C20H23N3O5. The van der Waals surface area contributed by atoms with Crippen LogP contribution in [0.5, 0.6) is 11.5 Å². The summed E-state index contributed by atoms with van der Waals surface area (Å²) in [6.45, 7) is 2.81. The Labute approximate surface area is 162 Å². The zero-order valence-corrected chi connectivity index (χ0v) is 15.7. The molecule has 2 N–H and O–H groups in total. The molecule has 2 amide bonds. The van der Waals surface area contributed by atoms with Gasteiger partial charge in [0.1, 0.15) is 19.0 Å². The lowest BCUT2D eigenvalue weighted by molar-refractivity contribution is -0.125. The first-order valence-electron chi connectivity index (χ1n) is 9.53. The molecule has 1 fully saturated rings. The van der Waals surface area contributed by atoms with Crippen molar-refractivity contribution in [3.63, 3.8) is 0 Å². The lowest BCUT2D eigenvalue weighted by Crippen LogP contribution is -2.32. The second-order valence-electron chi connectivity index (χ2n) is 7.21. The first kappa shape index (κ1) is 18.3. The maximum atomic E-state index is 12.6. The molecule has 1 aliphatic heterocycles. The fraction of sp³-hybridized carbons (Fsp3) is 0.450. The molecule has 0 saturated heterocycles. The number of benzene rings is 1. The second-order valence-corrected chi connectivity index (χ2v) is 7.21. The van der Waals surface area contributed by atoms with E-state index in [9.17, 15) is 9.59 Å². The minimum absolute atomic E-state index is 0.0253. The molecule has 0 spiro atoms. The highest BCUT2D eigenvalue weighted by Crippen LogP contribution is 2.34. The third-order valence-corrected chi connectivity index (χ3v) is 5.16. The molecule has 2 aliphatic rings. The summed E-state index contributed by atoms with van der Waals surface area (Å²) in [5, 5.41) is 9.51. The predicted octanol–water partition coefficient (Wildman–Crippen LogP) is 3.14. The average molecular weight is 385 g/mol. The highest BCUT2D eigenvalue weighted by Gasteiger charge is 2.30. The fourth-order valence-corrected chi connectivity index (χ4v) is 3.64. The zero-order chi connectivity index (χ0) is 19.5. The van der Waals surface area contributed by atoms with Crippen molar-refractivity contribution in [2.45, 2.75) is 32.6 Å². The molecule has 4 rings (SSSR count). The summed E-state index contributed by atoms with van der Waals surface area (Å²) in [6, 6.07) is 7.08. The SMILES string of the molecule is Cc1cc(NC(=O)C2CCC(C(=O)Nc3ccc4c(c3)OCCO4)CC2)no1. The van der Waals surface area contributed by atoms with Gasteiger partial charge < -0.3 is 24.6 Å². The molecule has 1 aliphatic carbocycles. The lowest BCUT2D eigenvalue weighted by Gasteiger charge is -2.27. The monoisotopic (exact) mass is 385 g/mol. The van der Waals surface area contributed by atoms with Crippen LogP contribution in [0.2, 0.25) is 0 Å². The quantitative estimate of drug-likeness (QED) is 0.838. The number of hydrogen-bond acceptors (Lipinski definition) is 6. The van der Waals surface area contributed by atoms with E-state index in [0.29, 0.717) is 67.7 Å². The Morgan fingerprint density at radius 3 is 2.21 bits per heavy atom. The fourth-order valence-electron chi connectivity index (χ4n) is 3.64. The van der Waals surface area contributed by atoms with E-state index in [2.05, 4.69) is 15.8 Å². The Kier molecular flexibility index (Phi) is 5.18. The maximum absolute atomic E-state index is 12.6. The van der Waals surface area contributed by atoms with Crippen LogP contribution in [0.4, 0.5) is 11.5 Å². The topological polar surface area (TPSA) is 103 Å². The van der Waals surface area contributed by atoms with E-state index in [1.807, 2.05) is 6.07 Å². The number of nitrogens with zero attached hydrogens (tertiary/aromatic N) is 1. The summed E-state index contributed by atoms with van der Waals surface area (Å²) in [7, 11) is 0. The van der Waals surface area contributed by atoms with E-state index in [1.54, 1.807) is 25.1 Å². The molecular weight excluding hydrogens is 362 g/mol. The van der Waals surface area contributed by atoms with Crippen LogP contribution in [-0.4, -0.2) is 30.2 Å². The van der Waals surface area contributed by atoms with E-state index in [1.165, 1.54) is 0 Å². The number of rotatable bonds is 4. The van der Waals surface area contributed by atoms with Crippen molar-refractivity contribution in [2.75, 3.05) is 23.8 Å². The molecule has 0 unspecified atom stereocenters. The normalized spacial score (nSPS) is 21.0. The molecule has 8 heteroatoms. The summed E-state index contributed by atoms with van der Waals surface area (Å²) in [6.07, 6.45) is 2.68. The van der Waals surface area contributed by atoms with Crippen molar-refractivity contribution in [1.82, 2.24) is 5.16 Å². The van der Waals surface area contributed by atoms with Crippen molar-refractivity contribution < 1.29 is 23.6 Å². The van der Waals surface area contributed by atoms with Gasteiger partial charge in [-0.3, -0.25) is 9.59 Å². The second kappa shape index (κ2) is 7.92. The van der Waals surface area contributed by atoms with Crippen molar-refractivity contribution in [2.24, 2.45) is 11.8 Å². The largest absolute Gasteiger partial charge is 0.486 e. The molecule has 1 saturated carbocycles. The number of nitrogens with one attached hydrogen (secondary N) is 2. The van der Waals surface area contributed by atoms with Crippen molar-refractivity contribution in [1.29, 1.82) is 0 Å². The Hall–Kier alpha value is -3.03. The summed E-state index contributed by atoms with van der Waals surface area (Å²) >= 11 is 0. The standard InChI is InChI=1S/C20H23N3O5/c1-12-10-18(23-28-12)22-20(25)14-4-2-13(3-5-14)19(24)21-15-6-7-16-17(11-15)27-9-8-26-16/h6-7,10-11,13-14H,2-5,8-9H2,1H3,(H,21,24)(H,22,23,25). The third kappa shape index (κ3) is 4.11. The van der Waals surface area contributed by atoms with E-state index in [-0.39, 0.29) is 23.7 Å². The Morgan fingerprint density at radius 2 is 1.57 bits per heavy atom. The van der Waals surface area contributed by atoms with Gasteiger partial charge in [0.15, 0.2) is 17.3 Å². The van der Waals surface area contributed by atoms with Crippen molar-refractivity contribution >= 4 is 23.3 Å². The van der Waals surface area contributed by atoms with Gasteiger partial charge >= 0.3 is 0 Å². The van der Waals surface area contributed by atoms with Crippen LogP contribution in [0.25, 0.3) is 0 Å². The minimum Gasteiger partial charge on any atom is -0.486 e. The number of carbonyl (C=O) groups is 2. The van der Waals surface area contributed by atoms with Crippen LogP contribution in [0.15, 0.2) is 28.8 Å². The molecule has 0 atom stereocenters. The number of anilines is 2. The van der Waals surface area contributed by atoms with Gasteiger partial charge in [-0.2, -0.15) is 0 Å². The van der Waals surface area contributed by atoms with Gasteiger partial charge in [-0.25, -0.2) is 0 Å². The van der Waals surface area contributed by atoms with Crippen LogP contribution < -0.4 is 20.1 Å². The zero-order valence-electron chi connectivity index (χ0n) is 15.7. The Bertz CT molecular complexity index is 870. The van der Waals surface area contributed by atoms with Crippen LogP contribution in [-0.2, 0) is 9.59 Å². The molecule has 0 radical (unpaired) electrons. The first-order chi connectivity index (χ1) is 13.6. The van der Waals surface area contributed by atoms with E-state index in [4.69, 9.17) is 14.0 Å². The van der Waals surface area contributed by atoms with Gasteiger partial charge in [-0.05, 0) is 44.7 Å². The number of aromatic nitrogens is 1. The molecule has 1 aromatic carbocycles. The van der Waals surface area contributed by atoms with Crippen molar-refractivity contribution in [3.8, 4) is 11.5 Å². The van der Waals surface area contributed by atoms with E-state index < -0.39 is 0 Å². The summed E-state index contributed by atoms with van der Waals surface area (Å²) in [5.74, 6) is 2.10. The summed E-state index contributed by atoms with van der Waals surface area (Å²) in [4.78, 5) is 25.0. The molecule has 1 aromatic heterocycles. The molecule has 148 valence electrons. The predicted molar refractivity (Wildman–Crippen MR) is 101 cm³/mol. The van der Waals surface area contributed by atoms with E-state index >= 15 is 0 Å². The highest BCUT2D eigenvalue weighted by molar-refractivity contribution is 5.94. The molecule has 2 heterocycles. The lowest BCUT2D eigenvalue weighted by atomic mass is 9.81. The Balaban J connectivity index is 1.28. The van der Waals surface area contributed by atoms with Gasteiger partial charge in [0, 0.05) is 29.7 Å². The number of amides is 2. The van der Waals surface area contributed by atoms with Crippen molar-refractivity contribution in [3.05, 3.63) is 30.0 Å². The number of aryl methyl sites for hydroxylation is 1. The average Bonchev–Trinajstić information content (AvgIpc) is 3.12. The number of hydrogen-bond donors (Lipinski definition) is 2. The summed E-state index contributed by atoms with van der Waals surface area (Å²) in [5.41, 5.74) is 0.690. The first-order valence-corrected chi connectivity index (χ1v) is 9.53.